The second kappa shape index (κ2) is 7.53. The van der Waals surface area contributed by atoms with Gasteiger partial charge in [0.15, 0.2) is 0 Å². The number of hydrogen-bond acceptors (Lipinski definition) is 4. The molecule has 1 N–H and O–H groups in total. The van der Waals surface area contributed by atoms with Gasteiger partial charge in [0.1, 0.15) is 5.60 Å². The fourth-order valence-electron chi connectivity index (χ4n) is 3.70. The Morgan fingerprint density at radius 1 is 1.18 bits per heavy atom. The summed E-state index contributed by atoms with van der Waals surface area (Å²) >= 11 is 0. The zero-order valence-corrected chi connectivity index (χ0v) is 16.6. The smallest absolute Gasteiger partial charge is 0.410 e. The Bertz CT molecular complexity index is 764. The molecule has 3 rings (SSSR count). The highest BCUT2D eigenvalue weighted by atomic mass is 19.1. The van der Waals surface area contributed by atoms with Crippen LogP contribution in [0.15, 0.2) is 24.3 Å². The molecule has 0 bridgehead atoms. The lowest BCUT2D eigenvalue weighted by molar-refractivity contribution is -0.144. The first-order valence-electron chi connectivity index (χ1n) is 9.70. The number of carbonyl (C=O) groups is 3. The molecule has 28 heavy (non-hydrogen) atoms. The first kappa shape index (κ1) is 20.3. The lowest BCUT2D eigenvalue weighted by Crippen LogP contribution is -2.49. The van der Waals surface area contributed by atoms with Gasteiger partial charge in [-0.1, -0.05) is 24.3 Å². The number of carbonyl (C=O) groups excluding carboxylic acids is 3. The predicted molar refractivity (Wildman–Crippen MR) is 101 cm³/mol. The van der Waals surface area contributed by atoms with Gasteiger partial charge < -0.3 is 9.64 Å². The summed E-state index contributed by atoms with van der Waals surface area (Å²) in [5, 5.41) is 2.08. The van der Waals surface area contributed by atoms with Crippen LogP contribution in [0.25, 0.3) is 0 Å². The summed E-state index contributed by atoms with van der Waals surface area (Å²) in [5.74, 6) is -1.06. The lowest BCUT2D eigenvalue weighted by atomic mass is 9.84. The molecule has 1 atom stereocenters. The molecule has 0 aromatic heterocycles. The summed E-state index contributed by atoms with van der Waals surface area (Å²) in [7, 11) is 0. The highest BCUT2D eigenvalue weighted by Gasteiger charge is 2.44. The number of alkyl halides is 1. The van der Waals surface area contributed by atoms with Crippen LogP contribution in [0.1, 0.15) is 63.5 Å². The number of piperidine rings is 2. The third kappa shape index (κ3) is 4.34. The third-order valence-corrected chi connectivity index (χ3v) is 5.30. The Hall–Kier alpha value is -2.44. The molecule has 152 valence electrons. The minimum atomic E-state index is -2.16. The van der Waals surface area contributed by atoms with Gasteiger partial charge in [-0.2, -0.15) is 0 Å². The van der Waals surface area contributed by atoms with Crippen LogP contribution in [-0.2, 0) is 20.0 Å². The van der Waals surface area contributed by atoms with Crippen molar-refractivity contribution in [1.29, 1.82) is 0 Å². The minimum Gasteiger partial charge on any atom is -0.444 e. The van der Waals surface area contributed by atoms with Crippen LogP contribution in [0.3, 0.4) is 0 Å². The molecule has 0 saturated carbocycles. The van der Waals surface area contributed by atoms with Gasteiger partial charge in [0.2, 0.25) is 11.6 Å². The molecule has 2 aliphatic rings. The molecule has 2 aliphatic heterocycles. The zero-order valence-electron chi connectivity index (χ0n) is 16.6. The molecule has 2 fully saturated rings. The maximum Gasteiger partial charge on any atom is 0.410 e. The van der Waals surface area contributed by atoms with E-state index in [9.17, 15) is 14.4 Å². The number of halogens is 1. The molecule has 1 aromatic carbocycles. The standard InChI is InChI=1S/C21H27FN2O4/c1-20(2,3)28-19(27)24-12-9-15(10-13-24)14-4-6-16(7-5-14)21(22)11-8-17(25)23-18(21)26/h4-7,15H,8-13H2,1-3H3,(H,23,25,26)/t21-/m0/s1. The Balaban J connectivity index is 1.62. The van der Waals surface area contributed by atoms with Gasteiger partial charge in [-0.3, -0.25) is 14.9 Å². The van der Waals surface area contributed by atoms with E-state index in [1.807, 2.05) is 32.9 Å². The van der Waals surface area contributed by atoms with Crippen molar-refractivity contribution in [3.63, 3.8) is 0 Å². The Morgan fingerprint density at radius 3 is 2.32 bits per heavy atom. The fraction of sp³-hybridized carbons (Fsp3) is 0.571. The topological polar surface area (TPSA) is 75.7 Å². The van der Waals surface area contributed by atoms with Crippen LogP contribution in [0.4, 0.5) is 9.18 Å². The van der Waals surface area contributed by atoms with Crippen LogP contribution in [0, 0.1) is 0 Å². The molecule has 0 spiro atoms. The van der Waals surface area contributed by atoms with Gasteiger partial charge in [-0.15, -0.1) is 0 Å². The van der Waals surface area contributed by atoms with Crippen molar-refractivity contribution in [2.75, 3.05) is 13.1 Å². The molecule has 7 heteroatoms. The number of imide groups is 1. The summed E-state index contributed by atoms with van der Waals surface area (Å²) in [6.07, 6.45) is 1.17. The van der Waals surface area contributed by atoms with Crippen LogP contribution < -0.4 is 5.32 Å². The minimum absolute atomic E-state index is 0.00683. The monoisotopic (exact) mass is 390 g/mol. The highest BCUT2D eigenvalue weighted by Crippen LogP contribution is 2.36. The van der Waals surface area contributed by atoms with Crippen LogP contribution in [0.5, 0.6) is 0 Å². The SMILES string of the molecule is CC(C)(C)OC(=O)N1CCC(c2ccc([C@@]3(F)CCC(=O)NC3=O)cc2)CC1. The summed E-state index contributed by atoms with van der Waals surface area (Å²) in [6, 6.07) is 6.94. The molecule has 0 radical (unpaired) electrons. The van der Waals surface area contributed by atoms with Crippen LogP contribution in [0.2, 0.25) is 0 Å². The quantitative estimate of drug-likeness (QED) is 0.786. The van der Waals surface area contributed by atoms with Gasteiger partial charge in [0.25, 0.3) is 5.91 Å². The second-order valence-electron chi connectivity index (χ2n) is 8.54. The number of nitrogens with zero attached hydrogens (tertiary/aromatic N) is 1. The maximum atomic E-state index is 15.1. The second-order valence-corrected chi connectivity index (χ2v) is 8.54. The Kier molecular flexibility index (Phi) is 5.46. The molecule has 0 aliphatic carbocycles. The highest BCUT2D eigenvalue weighted by molar-refractivity contribution is 6.02. The molecular formula is C21H27FN2O4. The van der Waals surface area contributed by atoms with Gasteiger partial charge in [0, 0.05) is 25.9 Å². The predicted octanol–water partition coefficient (Wildman–Crippen LogP) is 3.40. The van der Waals surface area contributed by atoms with Gasteiger partial charge in [0.05, 0.1) is 0 Å². The molecule has 2 saturated heterocycles. The van der Waals surface area contributed by atoms with Crippen LogP contribution >= 0.6 is 0 Å². The number of benzene rings is 1. The summed E-state index contributed by atoms with van der Waals surface area (Å²) in [4.78, 5) is 37.1. The molecule has 0 unspecified atom stereocenters. The van der Waals surface area contributed by atoms with Crippen molar-refractivity contribution in [1.82, 2.24) is 10.2 Å². The van der Waals surface area contributed by atoms with Crippen molar-refractivity contribution in [2.45, 2.75) is 63.6 Å². The number of nitrogens with one attached hydrogen (secondary N) is 1. The number of amides is 3. The fourth-order valence-corrected chi connectivity index (χ4v) is 3.70. The summed E-state index contributed by atoms with van der Waals surface area (Å²) in [5.41, 5.74) is -1.34. The number of likely N-dealkylation sites (tertiary alicyclic amines) is 1. The van der Waals surface area contributed by atoms with E-state index in [1.54, 1.807) is 17.0 Å². The van der Waals surface area contributed by atoms with Crippen molar-refractivity contribution < 1.29 is 23.5 Å². The van der Waals surface area contributed by atoms with E-state index >= 15 is 4.39 Å². The lowest BCUT2D eigenvalue weighted by Gasteiger charge is -2.34. The Morgan fingerprint density at radius 2 is 1.79 bits per heavy atom. The van der Waals surface area contributed by atoms with E-state index in [0.717, 1.165) is 18.4 Å². The van der Waals surface area contributed by atoms with E-state index in [4.69, 9.17) is 4.74 Å². The van der Waals surface area contributed by atoms with E-state index < -0.39 is 23.1 Å². The molecular weight excluding hydrogens is 363 g/mol. The molecule has 2 heterocycles. The first-order valence-corrected chi connectivity index (χ1v) is 9.70. The largest absolute Gasteiger partial charge is 0.444 e. The van der Waals surface area contributed by atoms with Crippen molar-refractivity contribution in [3.8, 4) is 0 Å². The Labute approximate surface area is 164 Å². The number of hydrogen-bond donors (Lipinski definition) is 1. The molecule has 1 aromatic rings. The third-order valence-electron chi connectivity index (χ3n) is 5.30. The molecule has 3 amide bonds. The van der Waals surface area contributed by atoms with Crippen molar-refractivity contribution in [2.24, 2.45) is 0 Å². The van der Waals surface area contributed by atoms with E-state index in [-0.39, 0.29) is 30.4 Å². The zero-order chi connectivity index (χ0) is 20.5. The maximum absolute atomic E-state index is 15.1. The van der Waals surface area contributed by atoms with E-state index in [1.165, 1.54) is 0 Å². The summed E-state index contributed by atoms with van der Waals surface area (Å²) < 4.78 is 20.5. The number of rotatable bonds is 2. The van der Waals surface area contributed by atoms with Gasteiger partial charge in [-0.25, -0.2) is 9.18 Å². The van der Waals surface area contributed by atoms with Gasteiger partial charge >= 0.3 is 6.09 Å². The average molecular weight is 390 g/mol. The van der Waals surface area contributed by atoms with Crippen molar-refractivity contribution >= 4 is 17.9 Å². The normalized spacial score (nSPS) is 24.1. The van der Waals surface area contributed by atoms with Crippen LogP contribution in [-0.4, -0.2) is 41.5 Å². The number of ether oxygens (including phenoxy) is 1. The first-order chi connectivity index (χ1) is 13.1. The summed E-state index contributed by atoms with van der Waals surface area (Å²) in [6.45, 7) is 6.76. The van der Waals surface area contributed by atoms with E-state index in [0.29, 0.717) is 13.1 Å². The average Bonchev–Trinajstić information content (AvgIpc) is 2.64. The molecule has 6 nitrogen and oxygen atoms in total. The van der Waals surface area contributed by atoms with Gasteiger partial charge in [-0.05, 0) is 50.7 Å². The van der Waals surface area contributed by atoms with Crippen molar-refractivity contribution in [3.05, 3.63) is 35.4 Å². The van der Waals surface area contributed by atoms with E-state index in [2.05, 4.69) is 5.32 Å².